The Labute approximate surface area is 193 Å². The summed E-state index contributed by atoms with van der Waals surface area (Å²) in [4.78, 5) is 20.6. The van der Waals surface area contributed by atoms with Gasteiger partial charge in [0.25, 0.3) is 0 Å². The molecule has 1 fully saturated rings. The van der Waals surface area contributed by atoms with Crippen LogP contribution in [0.4, 0.5) is 5.69 Å². The molecule has 0 saturated carbocycles. The number of methoxy groups -OCH3 is 1. The van der Waals surface area contributed by atoms with Crippen molar-refractivity contribution < 1.29 is 9.53 Å². The third-order valence-corrected chi connectivity index (χ3v) is 6.06. The molecule has 1 aromatic carbocycles. The SMILES string of the molecule is COC(=O)CCN1C(=S)N[C@@H](c2ccccn2)[C@H]1c1cccn1-c1ccc(N(C)C)cc1. The molecule has 1 N–H and O–H groups in total. The lowest BCUT2D eigenvalue weighted by molar-refractivity contribution is -0.140. The highest BCUT2D eigenvalue weighted by Gasteiger charge is 2.41. The van der Waals surface area contributed by atoms with Gasteiger partial charge in [-0.3, -0.25) is 9.78 Å². The zero-order valence-electron chi connectivity index (χ0n) is 18.4. The first-order valence-corrected chi connectivity index (χ1v) is 10.9. The molecule has 0 amide bonds. The van der Waals surface area contributed by atoms with Crippen LogP contribution in [0, 0.1) is 0 Å². The van der Waals surface area contributed by atoms with Crippen LogP contribution in [0.3, 0.4) is 0 Å². The second-order valence-corrected chi connectivity index (χ2v) is 8.25. The fourth-order valence-corrected chi connectivity index (χ4v) is 4.40. The van der Waals surface area contributed by atoms with Crippen LogP contribution in [0.15, 0.2) is 67.0 Å². The fourth-order valence-electron chi connectivity index (χ4n) is 4.06. The lowest BCUT2D eigenvalue weighted by atomic mass is 10.0. The van der Waals surface area contributed by atoms with E-state index in [-0.39, 0.29) is 24.5 Å². The molecule has 1 aliphatic heterocycles. The normalized spacial score (nSPS) is 17.8. The first kappa shape index (κ1) is 21.8. The summed E-state index contributed by atoms with van der Waals surface area (Å²) in [7, 11) is 5.45. The highest BCUT2D eigenvalue weighted by molar-refractivity contribution is 7.80. The number of esters is 1. The summed E-state index contributed by atoms with van der Waals surface area (Å²) in [6.07, 6.45) is 4.09. The van der Waals surface area contributed by atoms with Gasteiger partial charge in [-0.15, -0.1) is 0 Å². The standard InChI is InChI=1S/C24H27N5O2S/c1-27(2)17-9-11-18(12-10-17)28-15-6-8-20(28)23-22(19-7-4-5-14-25-19)26-24(32)29(23)16-13-21(30)31-3/h4-12,14-15,22-23H,13,16H2,1-3H3,(H,26,32)/t22-,23+/m0/s1. The molecular weight excluding hydrogens is 422 g/mol. The number of anilines is 1. The van der Waals surface area contributed by atoms with Crippen molar-refractivity contribution in [2.45, 2.75) is 18.5 Å². The number of nitrogens with one attached hydrogen (secondary N) is 1. The molecule has 4 rings (SSSR count). The largest absolute Gasteiger partial charge is 0.469 e. The molecule has 0 bridgehead atoms. The van der Waals surface area contributed by atoms with E-state index < -0.39 is 0 Å². The number of rotatable bonds is 7. The van der Waals surface area contributed by atoms with Gasteiger partial charge in [-0.25, -0.2) is 0 Å². The van der Waals surface area contributed by atoms with Crippen LogP contribution in [0.1, 0.15) is 29.9 Å². The predicted molar refractivity (Wildman–Crippen MR) is 129 cm³/mol. The maximum atomic E-state index is 11.9. The Morgan fingerprint density at radius 3 is 2.59 bits per heavy atom. The smallest absolute Gasteiger partial charge is 0.307 e. The van der Waals surface area contributed by atoms with Gasteiger partial charge < -0.3 is 24.4 Å². The van der Waals surface area contributed by atoms with Gasteiger partial charge in [-0.2, -0.15) is 0 Å². The molecule has 3 heterocycles. The minimum atomic E-state index is -0.262. The highest BCUT2D eigenvalue weighted by Crippen LogP contribution is 2.39. The predicted octanol–water partition coefficient (Wildman–Crippen LogP) is 3.47. The lowest BCUT2D eigenvalue weighted by Crippen LogP contribution is -2.32. The summed E-state index contributed by atoms with van der Waals surface area (Å²) in [5, 5.41) is 4.03. The number of nitrogens with zero attached hydrogens (tertiary/aromatic N) is 4. The number of ether oxygens (including phenoxy) is 1. The second-order valence-electron chi connectivity index (χ2n) is 7.86. The molecular formula is C24H27N5O2S. The van der Waals surface area contributed by atoms with E-state index in [2.05, 4.69) is 61.2 Å². The number of thiocarbonyl (C=S) groups is 1. The van der Waals surface area contributed by atoms with Crippen LogP contribution in [0.25, 0.3) is 5.69 Å². The quantitative estimate of drug-likeness (QED) is 0.438. The third-order valence-electron chi connectivity index (χ3n) is 5.71. The number of carbonyl (C=O) groups excluding carboxylic acids is 1. The molecule has 2 aromatic heterocycles. The Bertz CT molecular complexity index is 1080. The van der Waals surface area contributed by atoms with E-state index >= 15 is 0 Å². The molecule has 166 valence electrons. The zero-order chi connectivity index (χ0) is 22.7. The molecule has 0 radical (unpaired) electrons. The summed E-state index contributed by atoms with van der Waals surface area (Å²) in [6.45, 7) is 0.456. The van der Waals surface area contributed by atoms with Crippen LogP contribution in [-0.4, -0.2) is 53.3 Å². The number of aromatic nitrogens is 2. The number of carbonyl (C=O) groups is 1. The van der Waals surface area contributed by atoms with Crippen LogP contribution < -0.4 is 10.2 Å². The van der Waals surface area contributed by atoms with Gasteiger partial charge >= 0.3 is 5.97 Å². The van der Waals surface area contributed by atoms with Gasteiger partial charge in [0.05, 0.1) is 31.3 Å². The monoisotopic (exact) mass is 449 g/mol. The number of hydrogen-bond donors (Lipinski definition) is 1. The first-order valence-electron chi connectivity index (χ1n) is 10.5. The van der Waals surface area contributed by atoms with E-state index in [1.807, 2.05) is 38.4 Å². The average Bonchev–Trinajstić information content (AvgIpc) is 3.42. The van der Waals surface area contributed by atoms with Gasteiger partial charge in [0.15, 0.2) is 5.11 Å². The maximum absolute atomic E-state index is 11.9. The van der Waals surface area contributed by atoms with Crippen LogP contribution in [0.5, 0.6) is 0 Å². The summed E-state index contributed by atoms with van der Waals surface area (Å²) in [6, 6.07) is 18.1. The van der Waals surface area contributed by atoms with Crippen molar-refractivity contribution in [3.63, 3.8) is 0 Å². The van der Waals surface area contributed by atoms with E-state index in [0.29, 0.717) is 11.7 Å². The van der Waals surface area contributed by atoms with Gasteiger partial charge in [-0.1, -0.05) is 6.07 Å². The van der Waals surface area contributed by atoms with E-state index in [4.69, 9.17) is 17.0 Å². The van der Waals surface area contributed by atoms with Crippen LogP contribution in [0.2, 0.25) is 0 Å². The molecule has 8 heteroatoms. The first-order chi connectivity index (χ1) is 15.5. The van der Waals surface area contributed by atoms with E-state index in [1.165, 1.54) is 7.11 Å². The molecule has 3 aromatic rings. The Hall–Kier alpha value is -3.39. The van der Waals surface area contributed by atoms with Crippen LogP contribution >= 0.6 is 12.2 Å². The highest BCUT2D eigenvalue weighted by atomic mass is 32.1. The molecule has 1 saturated heterocycles. The van der Waals surface area contributed by atoms with Crippen molar-refractivity contribution in [2.75, 3.05) is 32.6 Å². The summed E-state index contributed by atoms with van der Waals surface area (Å²) in [5.41, 5.74) is 4.16. The molecule has 0 aliphatic carbocycles. The second kappa shape index (κ2) is 9.40. The molecule has 0 unspecified atom stereocenters. The lowest BCUT2D eigenvalue weighted by Gasteiger charge is -2.28. The number of pyridine rings is 1. The van der Waals surface area contributed by atoms with Crippen molar-refractivity contribution in [2.24, 2.45) is 0 Å². The number of hydrogen-bond acceptors (Lipinski definition) is 5. The average molecular weight is 450 g/mol. The van der Waals surface area contributed by atoms with Gasteiger partial charge in [0, 0.05) is 50.1 Å². The summed E-state index contributed by atoms with van der Waals surface area (Å²) in [5.74, 6) is -0.262. The Morgan fingerprint density at radius 1 is 1.16 bits per heavy atom. The van der Waals surface area contributed by atoms with E-state index in [0.717, 1.165) is 22.8 Å². The number of benzene rings is 1. The topological polar surface area (TPSA) is 62.6 Å². The van der Waals surface area contributed by atoms with Crippen LogP contribution in [-0.2, 0) is 9.53 Å². The minimum absolute atomic E-state index is 0.134. The van der Waals surface area contributed by atoms with Crippen molar-refractivity contribution in [3.8, 4) is 5.69 Å². The van der Waals surface area contributed by atoms with E-state index in [1.54, 1.807) is 6.20 Å². The Kier molecular flexibility index (Phi) is 6.41. The van der Waals surface area contributed by atoms with Crippen molar-refractivity contribution in [1.82, 2.24) is 19.8 Å². The molecule has 1 aliphatic rings. The molecule has 2 atom stereocenters. The van der Waals surface area contributed by atoms with Crippen molar-refractivity contribution in [1.29, 1.82) is 0 Å². The zero-order valence-corrected chi connectivity index (χ0v) is 19.2. The van der Waals surface area contributed by atoms with E-state index in [9.17, 15) is 4.79 Å². The third kappa shape index (κ3) is 4.31. The van der Waals surface area contributed by atoms with Crippen molar-refractivity contribution in [3.05, 3.63) is 78.4 Å². The maximum Gasteiger partial charge on any atom is 0.307 e. The Morgan fingerprint density at radius 2 is 1.94 bits per heavy atom. The fraction of sp³-hybridized carbons (Fsp3) is 0.292. The molecule has 7 nitrogen and oxygen atoms in total. The van der Waals surface area contributed by atoms with Gasteiger partial charge in [0.2, 0.25) is 0 Å². The Balaban J connectivity index is 1.74. The summed E-state index contributed by atoms with van der Waals surface area (Å²) >= 11 is 5.68. The minimum Gasteiger partial charge on any atom is -0.469 e. The summed E-state index contributed by atoms with van der Waals surface area (Å²) < 4.78 is 7.02. The molecule has 32 heavy (non-hydrogen) atoms. The molecule has 0 spiro atoms. The van der Waals surface area contributed by atoms with Crippen molar-refractivity contribution >= 4 is 29.0 Å². The van der Waals surface area contributed by atoms with Gasteiger partial charge in [0.1, 0.15) is 0 Å². The van der Waals surface area contributed by atoms with Gasteiger partial charge in [-0.05, 0) is 60.7 Å².